The summed E-state index contributed by atoms with van der Waals surface area (Å²) < 4.78 is 10.9. The van der Waals surface area contributed by atoms with Crippen LogP contribution < -0.4 is 0 Å². The van der Waals surface area contributed by atoms with E-state index in [9.17, 15) is 4.79 Å². The smallest absolute Gasteiger partial charge is 0.306 e. The topological polar surface area (TPSA) is 35.5 Å². The number of ether oxygens (including phenoxy) is 2. The van der Waals surface area contributed by atoms with Crippen LogP contribution in [-0.2, 0) is 20.9 Å². The Morgan fingerprint density at radius 3 is 2.53 bits per heavy atom. The van der Waals surface area contributed by atoms with E-state index in [0.29, 0.717) is 26.1 Å². The largest absolute Gasteiger partial charge is 0.460 e. The molecule has 0 bridgehead atoms. The molecule has 3 heteroatoms. The minimum Gasteiger partial charge on any atom is -0.460 e. The Hall–Kier alpha value is -1.35. The van der Waals surface area contributed by atoms with Crippen molar-refractivity contribution in [3.63, 3.8) is 0 Å². The van der Waals surface area contributed by atoms with Gasteiger partial charge in [-0.1, -0.05) is 37.3 Å². The van der Waals surface area contributed by atoms with Crippen LogP contribution in [0.4, 0.5) is 0 Å². The summed E-state index contributed by atoms with van der Waals surface area (Å²) in [7, 11) is 0. The molecule has 0 aliphatic carbocycles. The number of hydrogen-bond acceptors (Lipinski definition) is 3. The van der Waals surface area contributed by atoms with Crippen molar-refractivity contribution in [2.45, 2.75) is 52.2 Å². The van der Waals surface area contributed by atoms with E-state index < -0.39 is 0 Å². The Balaban J connectivity index is 2.09. The predicted octanol–water partition coefficient (Wildman–Crippen LogP) is 3.72. The van der Waals surface area contributed by atoms with Gasteiger partial charge < -0.3 is 9.47 Å². The second-order valence-electron chi connectivity index (χ2n) is 5.23. The molecular formula is C16H24O3. The van der Waals surface area contributed by atoms with Gasteiger partial charge in [0.15, 0.2) is 0 Å². The number of esters is 1. The summed E-state index contributed by atoms with van der Waals surface area (Å²) in [5, 5.41) is 0. The molecule has 0 atom stereocenters. The lowest BCUT2D eigenvalue weighted by molar-refractivity contribution is -0.157. The molecule has 0 aromatic heterocycles. The number of benzene rings is 1. The van der Waals surface area contributed by atoms with Crippen molar-refractivity contribution < 1.29 is 14.3 Å². The minimum atomic E-state index is -0.359. The molecule has 0 saturated carbocycles. The monoisotopic (exact) mass is 264 g/mol. The van der Waals surface area contributed by atoms with Gasteiger partial charge in [-0.05, 0) is 32.3 Å². The average Bonchev–Trinajstić information content (AvgIpc) is 2.39. The maximum absolute atomic E-state index is 11.6. The van der Waals surface area contributed by atoms with E-state index in [1.165, 1.54) is 0 Å². The molecule has 1 aromatic carbocycles. The van der Waals surface area contributed by atoms with Gasteiger partial charge in [0, 0.05) is 13.0 Å². The molecule has 0 aliphatic rings. The van der Waals surface area contributed by atoms with Crippen LogP contribution in [0.2, 0.25) is 0 Å². The number of hydrogen-bond donors (Lipinski definition) is 0. The highest BCUT2D eigenvalue weighted by atomic mass is 16.6. The number of carbonyl (C=O) groups is 1. The third kappa shape index (κ3) is 6.97. The fourth-order valence-electron chi connectivity index (χ4n) is 1.51. The van der Waals surface area contributed by atoms with Crippen LogP contribution in [0.15, 0.2) is 30.3 Å². The molecule has 0 radical (unpaired) electrons. The van der Waals surface area contributed by atoms with Crippen molar-refractivity contribution >= 4 is 5.97 Å². The normalized spacial score (nSPS) is 11.3. The van der Waals surface area contributed by atoms with Crippen molar-refractivity contribution in [2.24, 2.45) is 0 Å². The first-order valence-corrected chi connectivity index (χ1v) is 6.87. The fourth-order valence-corrected chi connectivity index (χ4v) is 1.51. The zero-order valence-electron chi connectivity index (χ0n) is 12.1. The van der Waals surface area contributed by atoms with Gasteiger partial charge in [0.25, 0.3) is 0 Å². The Bertz CT molecular complexity index is 371. The van der Waals surface area contributed by atoms with Crippen LogP contribution in [0.25, 0.3) is 0 Å². The standard InChI is InChI=1S/C16H24O3/c1-4-16(2,3)19-15(17)11-8-12-18-13-14-9-6-5-7-10-14/h5-7,9-10H,4,8,11-13H2,1-3H3. The molecule has 0 spiro atoms. The number of rotatable bonds is 8. The van der Waals surface area contributed by atoms with Gasteiger partial charge in [0.1, 0.15) is 5.60 Å². The highest BCUT2D eigenvalue weighted by Crippen LogP contribution is 2.14. The first-order valence-electron chi connectivity index (χ1n) is 6.87. The van der Waals surface area contributed by atoms with Gasteiger partial charge in [-0.2, -0.15) is 0 Å². The van der Waals surface area contributed by atoms with Crippen molar-refractivity contribution in [2.75, 3.05) is 6.61 Å². The van der Waals surface area contributed by atoms with E-state index in [0.717, 1.165) is 12.0 Å². The summed E-state index contributed by atoms with van der Waals surface area (Å²) in [5.74, 6) is -0.143. The first-order chi connectivity index (χ1) is 9.03. The molecule has 19 heavy (non-hydrogen) atoms. The molecule has 1 rings (SSSR count). The van der Waals surface area contributed by atoms with E-state index in [1.807, 2.05) is 51.1 Å². The van der Waals surface area contributed by atoms with Gasteiger partial charge in [-0.15, -0.1) is 0 Å². The van der Waals surface area contributed by atoms with Crippen LogP contribution in [0.5, 0.6) is 0 Å². The zero-order valence-corrected chi connectivity index (χ0v) is 12.1. The summed E-state index contributed by atoms with van der Waals surface area (Å²) in [4.78, 5) is 11.6. The van der Waals surface area contributed by atoms with Gasteiger partial charge in [0.2, 0.25) is 0 Å². The van der Waals surface area contributed by atoms with Gasteiger partial charge in [-0.25, -0.2) is 0 Å². The predicted molar refractivity (Wildman–Crippen MR) is 75.8 cm³/mol. The summed E-state index contributed by atoms with van der Waals surface area (Å²) in [6.45, 7) is 7.04. The fraction of sp³-hybridized carbons (Fsp3) is 0.562. The lowest BCUT2D eigenvalue weighted by Crippen LogP contribution is -2.27. The van der Waals surface area contributed by atoms with Crippen molar-refractivity contribution in [3.05, 3.63) is 35.9 Å². The molecule has 0 unspecified atom stereocenters. The molecule has 0 amide bonds. The molecule has 0 aliphatic heterocycles. The molecule has 106 valence electrons. The number of carbonyl (C=O) groups excluding carboxylic acids is 1. The molecule has 0 heterocycles. The third-order valence-corrected chi connectivity index (χ3v) is 3.02. The summed E-state index contributed by atoms with van der Waals surface area (Å²) in [5.41, 5.74) is 0.791. The first kappa shape index (κ1) is 15.7. The highest BCUT2D eigenvalue weighted by molar-refractivity contribution is 5.69. The van der Waals surface area contributed by atoms with Crippen LogP contribution in [0, 0.1) is 0 Å². The Morgan fingerprint density at radius 2 is 1.89 bits per heavy atom. The Morgan fingerprint density at radius 1 is 1.21 bits per heavy atom. The van der Waals surface area contributed by atoms with Gasteiger partial charge >= 0.3 is 5.97 Å². The van der Waals surface area contributed by atoms with Crippen molar-refractivity contribution in [3.8, 4) is 0 Å². The molecular weight excluding hydrogens is 240 g/mol. The van der Waals surface area contributed by atoms with Crippen LogP contribution in [0.1, 0.15) is 45.6 Å². The van der Waals surface area contributed by atoms with Crippen LogP contribution >= 0.6 is 0 Å². The Labute approximate surface area is 115 Å². The van der Waals surface area contributed by atoms with Crippen molar-refractivity contribution in [1.82, 2.24) is 0 Å². The summed E-state index contributed by atoms with van der Waals surface area (Å²) >= 11 is 0. The maximum atomic E-state index is 11.6. The second-order valence-corrected chi connectivity index (χ2v) is 5.23. The third-order valence-electron chi connectivity index (χ3n) is 3.02. The lowest BCUT2D eigenvalue weighted by atomic mass is 10.1. The van der Waals surface area contributed by atoms with Gasteiger partial charge in [0.05, 0.1) is 6.61 Å². The van der Waals surface area contributed by atoms with E-state index in [1.54, 1.807) is 0 Å². The van der Waals surface area contributed by atoms with E-state index in [4.69, 9.17) is 9.47 Å². The summed E-state index contributed by atoms with van der Waals surface area (Å²) in [6.07, 6.45) is 1.94. The van der Waals surface area contributed by atoms with E-state index in [2.05, 4.69) is 0 Å². The van der Waals surface area contributed by atoms with E-state index in [-0.39, 0.29) is 11.6 Å². The lowest BCUT2D eigenvalue weighted by Gasteiger charge is -2.23. The molecule has 0 fully saturated rings. The van der Waals surface area contributed by atoms with Gasteiger partial charge in [-0.3, -0.25) is 4.79 Å². The highest BCUT2D eigenvalue weighted by Gasteiger charge is 2.19. The Kier molecular flexibility index (Phi) is 6.57. The second kappa shape index (κ2) is 7.95. The van der Waals surface area contributed by atoms with E-state index >= 15 is 0 Å². The SMILES string of the molecule is CCC(C)(C)OC(=O)CCCOCc1ccccc1. The maximum Gasteiger partial charge on any atom is 0.306 e. The molecule has 3 nitrogen and oxygen atoms in total. The zero-order chi connectivity index (χ0) is 14.1. The molecule has 0 saturated heterocycles. The quantitative estimate of drug-likeness (QED) is 0.530. The molecule has 1 aromatic rings. The van der Waals surface area contributed by atoms with Crippen molar-refractivity contribution in [1.29, 1.82) is 0 Å². The van der Waals surface area contributed by atoms with Crippen LogP contribution in [0.3, 0.4) is 0 Å². The molecule has 0 N–H and O–H groups in total. The average molecular weight is 264 g/mol. The van der Waals surface area contributed by atoms with Crippen LogP contribution in [-0.4, -0.2) is 18.2 Å². The minimum absolute atomic E-state index is 0.143. The summed E-state index contributed by atoms with van der Waals surface area (Å²) in [6, 6.07) is 10.0.